The summed E-state index contributed by atoms with van der Waals surface area (Å²) in [4.78, 5) is -1.54. The molecule has 0 unspecified atom stereocenters. The van der Waals surface area contributed by atoms with Crippen molar-refractivity contribution in [3.05, 3.63) is 120 Å². The first-order chi connectivity index (χ1) is 16.3. The fourth-order valence-corrected chi connectivity index (χ4v) is 12.0. The molecule has 0 amide bonds. The topological polar surface area (TPSA) is 43.4 Å². The van der Waals surface area contributed by atoms with Gasteiger partial charge in [0.2, 0.25) is 0 Å². The van der Waals surface area contributed by atoms with E-state index in [1.807, 2.05) is 0 Å². The first kappa shape index (κ1) is 25.6. The van der Waals surface area contributed by atoms with Crippen molar-refractivity contribution in [3.8, 4) is 0 Å². The second-order valence-corrected chi connectivity index (χ2v) is 17.4. The average Bonchev–Trinajstić information content (AvgIpc) is 2.83. The number of rotatable bonds is 7. The molecule has 0 saturated carbocycles. The Balaban J connectivity index is 2.06. The second kappa shape index (κ2) is 8.28. The van der Waals surface area contributed by atoms with Gasteiger partial charge in [0.1, 0.15) is 0 Å². The van der Waals surface area contributed by atoms with E-state index in [4.69, 9.17) is 15.2 Å². The van der Waals surface area contributed by atoms with Crippen LogP contribution in [0.5, 0.6) is 0 Å². The maximum atomic E-state index is 15.6. The van der Waals surface area contributed by atoms with Crippen LogP contribution in [0.1, 0.15) is 0 Å². The van der Waals surface area contributed by atoms with Crippen molar-refractivity contribution in [2.45, 2.75) is 19.6 Å². The lowest BCUT2D eigenvalue weighted by Crippen LogP contribution is -2.29. The van der Waals surface area contributed by atoms with Gasteiger partial charge in [0.15, 0.2) is 0 Å². The first-order valence-electron chi connectivity index (χ1n) is 10.0. The molecule has 0 aromatic heterocycles. The molecule has 0 aliphatic heterocycles. The maximum absolute atomic E-state index is 15.6. The molecule has 35 heavy (non-hydrogen) atoms. The summed E-state index contributed by atoms with van der Waals surface area (Å²) in [5.41, 5.74) is 0. The van der Waals surface area contributed by atoms with Gasteiger partial charge in [-0.1, -0.05) is 66.2 Å². The van der Waals surface area contributed by atoms with Crippen LogP contribution in [-0.2, 0) is 12.8 Å². The zero-order valence-corrected chi connectivity index (χ0v) is 21.0. The standard InChI is InChI=1S/C24H19ClF4O3S3/c25-20-16-18-24(19-17-20)35(26,27,28,29)34(30,31)32-33(21-10-4-1-5-11-21,22-12-6-2-7-13-22)23-14-8-3-9-15-23/h1-19H. The Morgan fingerprint density at radius 2 is 0.914 bits per heavy atom. The zero-order valence-electron chi connectivity index (χ0n) is 17.8. The van der Waals surface area contributed by atoms with Crippen LogP contribution in [0.2, 0.25) is 5.02 Å². The highest BCUT2D eigenvalue weighted by Crippen LogP contribution is 3.05. The van der Waals surface area contributed by atoms with Crippen molar-refractivity contribution >= 4 is 39.9 Å². The van der Waals surface area contributed by atoms with Gasteiger partial charge in [-0.25, -0.2) is 0 Å². The molecule has 0 saturated heterocycles. The summed E-state index contributed by atoms with van der Waals surface area (Å²) in [6.07, 6.45) is 0. The Labute approximate surface area is 206 Å². The van der Waals surface area contributed by atoms with Crippen molar-refractivity contribution in [2.75, 3.05) is 0 Å². The molecule has 0 aliphatic rings. The molecule has 3 nitrogen and oxygen atoms in total. The first-order valence-corrected chi connectivity index (χ1v) is 15.9. The molecule has 186 valence electrons. The van der Waals surface area contributed by atoms with Gasteiger partial charge in [0, 0.05) is 19.7 Å². The Hall–Kier alpha value is -2.50. The van der Waals surface area contributed by atoms with E-state index >= 15 is 15.5 Å². The summed E-state index contributed by atoms with van der Waals surface area (Å²) in [5, 5.41) is -0.113. The Bertz CT molecular complexity index is 1350. The third-order valence-electron chi connectivity index (χ3n) is 5.09. The zero-order chi connectivity index (χ0) is 25.4. The molecular weight excluding hydrogens is 544 g/mol. The summed E-state index contributed by atoms with van der Waals surface area (Å²) in [6, 6.07) is 25.0. The van der Waals surface area contributed by atoms with Crippen LogP contribution in [0.3, 0.4) is 0 Å². The Morgan fingerprint density at radius 1 is 0.571 bits per heavy atom. The third-order valence-corrected chi connectivity index (χ3v) is 15.2. The normalized spacial score (nSPS) is 15.1. The minimum absolute atomic E-state index is 0.113. The summed E-state index contributed by atoms with van der Waals surface area (Å²) in [6.45, 7) is 0. The molecule has 11 heteroatoms. The summed E-state index contributed by atoms with van der Waals surface area (Å²) >= 11 is 5.66. The van der Waals surface area contributed by atoms with Crippen LogP contribution in [-0.4, -0.2) is 8.42 Å². The lowest BCUT2D eigenvalue weighted by Gasteiger charge is -2.50. The molecule has 4 rings (SSSR count). The van der Waals surface area contributed by atoms with E-state index in [0.717, 1.165) is 12.1 Å². The summed E-state index contributed by atoms with van der Waals surface area (Å²) in [5.74, 6) is 0. The van der Waals surface area contributed by atoms with Gasteiger partial charge < -0.3 is 0 Å². The number of benzene rings is 4. The molecule has 0 spiro atoms. The van der Waals surface area contributed by atoms with E-state index in [-0.39, 0.29) is 19.7 Å². The molecule has 0 fully saturated rings. The SMILES string of the molecule is O=S(=O)(OS(c1ccccc1)(c1ccccc1)c1ccccc1)S(F)(F)(F)(F)c1ccc(Cl)cc1. The monoisotopic (exact) mass is 562 g/mol. The molecular formula is C24H19ClF4O3S3. The minimum Gasteiger partial charge on any atom is -0.194 e. The van der Waals surface area contributed by atoms with Crippen LogP contribution in [0.25, 0.3) is 0 Å². The van der Waals surface area contributed by atoms with Gasteiger partial charge in [-0.3, -0.25) is 0 Å². The molecule has 0 heterocycles. The predicted molar refractivity (Wildman–Crippen MR) is 133 cm³/mol. The Morgan fingerprint density at radius 3 is 1.26 bits per heavy atom. The van der Waals surface area contributed by atoms with Crippen LogP contribution in [0.15, 0.2) is 135 Å². The molecule has 0 radical (unpaired) electrons. The molecule has 4 aromatic rings. The quantitative estimate of drug-likeness (QED) is 0.166. The van der Waals surface area contributed by atoms with Gasteiger partial charge in [-0.15, -0.1) is 15.5 Å². The lowest BCUT2D eigenvalue weighted by atomic mass is 10.4. The summed E-state index contributed by atoms with van der Waals surface area (Å²) < 4.78 is 93.9. The van der Waals surface area contributed by atoms with E-state index in [1.54, 1.807) is 54.6 Å². The van der Waals surface area contributed by atoms with Gasteiger partial charge in [0.25, 0.3) is 8.87 Å². The maximum Gasteiger partial charge on any atom is 0.397 e. The molecule has 4 aromatic carbocycles. The third kappa shape index (κ3) is 4.23. The van der Waals surface area contributed by atoms with Gasteiger partial charge in [-0.05, 0) is 71.0 Å². The number of hydrogen-bond acceptors (Lipinski definition) is 3. The van der Waals surface area contributed by atoms with Crippen molar-refractivity contribution in [2.24, 2.45) is 0 Å². The number of halogens is 5. The fraction of sp³-hybridized carbons (Fsp3) is 0. The van der Waals surface area contributed by atoms with E-state index in [1.165, 1.54) is 36.4 Å². The second-order valence-electron chi connectivity index (χ2n) is 7.42. The fourth-order valence-electron chi connectivity index (χ4n) is 3.36. The van der Waals surface area contributed by atoms with Crippen LogP contribution < -0.4 is 0 Å². The van der Waals surface area contributed by atoms with Crippen molar-refractivity contribution in [1.29, 1.82) is 0 Å². The highest BCUT2D eigenvalue weighted by molar-refractivity contribution is 9.00. The predicted octanol–water partition coefficient (Wildman–Crippen LogP) is 9.27. The molecule has 0 N–H and O–H groups in total. The van der Waals surface area contributed by atoms with E-state index in [0.29, 0.717) is 12.1 Å². The van der Waals surface area contributed by atoms with E-state index in [9.17, 15) is 8.42 Å². The highest BCUT2D eigenvalue weighted by Gasteiger charge is 2.78. The van der Waals surface area contributed by atoms with Crippen LogP contribution >= 0.6 is 30.8 Å². The Kier molecular flexibility index (Phi) is 6.05. The van der Waals surface area contributed by atoms with Crippen LogP contribution in [0.4, 0.5) is 15.5 Å². The van der Waals surface area contributed by atoms with Crippen molar-refractivity contribution in [3.63, 3.8) is 0 Å². The lowest BCUT2D eigenvalue weighted by molar-refractivity contribution is 0.442. The van der Waals surface area contributed by atoms with Crippen molar-refractivity contribution in [1.82, 2.24) is 0 Å². The smallest absolute Gasteiger partial charge is 0.194 e. The number of hydrogen-bond donors (Lipinski definition) is 0. The molecule has 0 aliphatic carbocycles. The van der Waals surface area contributed by atoms with Gasteiger partial charge in [-0.2, -0.15) is 12.0 Å². The molecule has 0 atom stereocenters. The van der Waals surface area contributed by atoms with E-state index < -0.39 is 33.2 Å². The minimum atomic E-state index is -10.1. The molecule has 0 bridgehead atoms. The summed E-state index contributed by atoms with van der Waals surface area (Å²) in [7, 11) is -20.6. The van der Waals surface area contributed by atoms with Gasteiger partial charge >= 0.3 is 9.15 Å². The van der Waals surface area contributed by atoms with Crippen LogP contribution in [0, 0.1) is 0 Å². The van der Waals surface area contributed by atoms with E-state index in [2.05, 4.69) is 0 Å². The average molecular weight is 563 g/mol. The van der Waals surface area contributed by atoms with Crippen molar-refractivity contribution < 1.29 is 27.6 Å². The largest absolute Gasteiger partial charge is 0.397 e. The highest BCUT2D eigenvalue weighted by atomic mass is 35.5. The van der Waals surface area contributed by atoms with Gasteiger partial charge in [0.05, 0.1) is 4.90 Å².